The van der Waals surface area contributed by atoms with Crippen molar-refractivity contribution in [2.75, 3.05) is 32.6 Å². The Balaban J connectivity index is 2.25. The van der Waals surface area contributed by atoms with Gasteiger partial charge >= 0.3 is 118 Å². The number of benzene rings is 2. The molecular weight excluding hydrogens is 266 g/mol. The minimum absolute atomic E-state index is 1.34. The van der Waals surface area contributed by atoms with Gasteiger partial charge in [-0.25, -0.2) is 0 Å². The van der Waals surface area contributed by atoms with E-state index in [1.807, 2.05) is 0 Å². The molecule has 0 saturated carbocycles. The Morgan fingerprint density at radius 2 is 0.895 bits per heavy atom. The van der Waals surface area contributed by atoms with Crippen molar-refractivity contribution >= 4 is 25.1 Å². The molecule has 0 spiro atoms. The summed E-state index contributed by atoms with van der Waals surface area (Å²) in [5.41, 5.74) is 0. The second-order valence-electron chi connectivity index (χ2n) is 6.68. The maximum absolute atomic E-state index is 2.51. The van der Waals surface area contributed by atoms with Crippen LogP contribution in [0.5, 0.6) is 0 Å². The third-order valence-electron chi connectivity index (χ3n) is 3.99. The van der Waals surface area contributed by atoms with Gasteiger partial charge in [0.15, 0.2) is 0 Å². The van der Waals surface area contributed by atoms with Crippen LogP contribution in [0.4, 0.5) is 0 Å². The fraction of sp³-hybridized carbons (Fsp3) is 0.294. The molecule has 2 aromatic rings. The van der Waals surface area contributed by atoms with Gasteiger partial charge < -0.3 is 0 Å². The van der Waals surface area contributed by atoms with Crippen LogP contribution < -0.4 is 10.6 Å². The van der Waals surface area contributed by atoms with E-state index in [1.54, 1.807) is 10.6 Å². The SMILES string of the molecule is C[PH](C)(C[PH](C)(C)c1ccccc1)c1ccccc1. The van der Waals surface area contributed by atoms with E-state index in [9.17, 15) is 0 Å². The molecule has 0 radical (unpaired) electrons. The van der Waals surface area contributed by atoms with Gasteiger partial charge in [-0.05, 0) is 0 Å². The Bertz CT molecular complexity index is 466. The van der Waals surface area contributed by atoms with E-state index in [4.69, 9.17) is 0 Å². The van der Waals surface area contributed by atoms with Crippen LogP contribution in [0.25, 0.3) is 0 Å². The van der Waals surface area contributed by atoms with E-state index in [1.165, 1.54) is 5.90 Å². The molecule has 0 aliphatic carbocycles. The summed E-state index contributed by atoms with van der Waals surface area (Å²) in [4.78, 5) is 0. The van der Waals surface area contributed by atoms with E-state index in [0.717, 1.165) is 0 Å². The van der Waals surface area contributed by atoms with Gasteiger partial charge in [0.2, 0.25) is 0 Å². The van der Waals surface area contributed by atoms with Gasteiger partial charge in [0.05, 0.1) is 0 Å². The van der Waals surface area contributed by atoms with Crippen LogP contribution in [0.3, 0.4) is 0 Å². The minimum atomic E-state index is -1.34. The Labute approximate surface area is 118 Å². The normalized spacial score (nSPS) is 14.1. The van der Waals surface area contributed by atoms with Gasteiger partial charge in [-0.3, -0.25) is 0 Å². The number of hydrogen-bond donors (Lipinski definition) is 0. The molecule has 0 amide bonds. The molecule has 0 nitrogen and oxygen atoms in total. The summed E-state index contributed by atoms with van der Waals surface area (Å²) in [6.07, 6.45) is 0. The van der Waals surface area contributed by atoms with E-state index < -0.39 is 14.5 Å². The molecular formula is C17H26P2. The molecule has 0 fully saturated rings. The summed E-state index contributed by atoms with van der Waals surface area (Å²) in [7, 11) is -2.67. The molecule has 2 rings (SSSR count). The Kier molecular flexibility index (Phi) is 4.44. The second-order valence-corrected chi connectivity index (χ2v) is 16.8. The van der Waals surface area contributed by atoms with Gasteiger partial charge in [0, 0.05) is 0 Å². The molecule has 0 atom stereocenters. The first kappa shape index (κ1) is 14.7. The van der Waals surface area contributed by atoms with Crippen LogP contribution in [0, 0.1) is 0 Å². The van der Waals surface area contributed by atoms with E-state index in [-0.39, 0.29) is 0 Å². The molecule has 0 saturated heterocycles. The maximum atomic E-state index is 2.51. The average Bonchev–Trinajstić information content (AvgIpc) is 2.40. The van der Waals surface area contributed by atoms with Crippen molar-refractivity contribution in [3.05, 3.63) is 60.7 Å². The van der Waals surface area contributed by atoms with Gasteiger partial charge in [-0.2, -0.15) is 0 Å². The molecule has 0 N–H and O–H groups in total. The summed E-state index contributed by atoms with van der Waals surface area (Å²) in [5.74, 6) is 1.41. The first-order valence-electron chi connectivity index (χ1n) is 7.03. The fourth-order valence-electron chi connectivity index (χ4n) is 3.09. The summed E-state index contributed by atoms with van der Waals surface area (Å²) < 4.78 is 0. The van der Waals surface area contributed by atoms with Crippen molar-refractivity contribution in [2.45, 2.75) is 0 Å². The monoisotopic (exact) mass is 292 g/mol. The topological polar surface area (TPSA) is 0 Å². The molecule has 0 aromatic heterocycles. The summed E-state index contributed by atoms with van der Waals surface area (Å²) in [6, 6.07) is 22.2. The van der Waals surface area contributed by atoms with Gasteiger partial charge in [0.1, 0.15) is 0 Å². The van der Waals surface area contributed by atoms with Crippen molar-refractivity contribution in [1.29, 1.82) is 0 Å². The molecule has 0 unspecified atom stereocenters. The Hall–Kier alpha value is -0.700. The first-order chi connectivity index (χ1) is 8.92. The summed E-state index contributed by atoms with van der Waals surface area (Å²) in [5, 5.41) is 3.18. The van der Waals surface area contributed by atoms with E-state index in [2.05, 4.69) is 87.3 Å². The zero-order chi connectivity index (χ0) is 13.9. The van der Waals surface area contributed by atoms with E-state index in [0.29, 0.717) is 0 Å². The van der Waals surface area contributed by atoms with Crippen LogP contribution in [-0.4, -0.2) is 32.6 Å². The van der Waals surface area contributed by atoms with Crippen LogP contribution in [0.15, 0.2) is 60.7 Å². The quantitative estimate of drug-likeness (QED) is 0.755. The Morgan fingerprint density at radius 3 is 1.21 bits per heavy atom. The zero-order valence-electron chi connectivity index (χ0n) is 12.5. The van der Waals surface area contributed by atoms with Crippen molar-refractivity contribution in [3.63, 3.8) is 0 Å². The van der Waals surface area contributed by atoms with Gasteiger partial charge in [-0.1, -0.05) is 0 Å². The second kappa shape index (κ2) is 5.74. The van der Waals surface area contributed by atoms with Crippen LogP contribution in [-0.2, 0) is 0 Å². The molecule has 19 heavy (non-hydrogen) atoms. The Morgan fingerprint density at radius 1 is 0.579 bits per heavy atom. The average molecular weight is 292 g/mol. The molecule has 2 heteroatoms. The fourth-order valence-corrected chi connectivity index (χ4v) is 15.7. The standard InChI is InChI=1S/C17H26P2/c1-18(2,16-11-7-5-8-12-16)15-19(3,4)17-13-9-6-10-14-17/h5-14,18-19H,15H2,1-4H3. The molecule has 104 valence electrons. The van der Waals surface area contributed by atoms with Crippen molar-refractivity contribution < 1.29 is 0 Å². The molecule has 0 heterocycles. The van der Waals surface area contributed by atoms with Crippen molar-refractivity contribution in [1.82, 2.24) is 0 Å². The van der Waals surface area contributed by atoms with Gasteiger partial charge in [-0.15, -0.1) is 0 Å². The predicted molar refractivity (Wildman–Crippen MR) is 97.3 cm³/mol. The molecule has 0 aliphatic heterocycles. The van der Waals surface area contributed by atoms with Crippen LogP contribution in [0.2, 0.25) is 0 Å². The zero-order valence-corrected chi connectivity index (χ0v) is 14.5. The van der Waals surface area contributed by atoms with E-state index >= 15 is 0 Å². The third-order valence-corrected chi connectivity index (χ3v) is 14.9. The molecule has 2 aromatic carbocycles. The first-order valence-corrected chi connectivity index (χ1v) is 13.4. The van der Waals surface area contributed by atoms with Crippen molar-refractivity contribution in [3.8, 4) is 0 Å². The van der Waals surface area contributed by atoms with Crippen LogP contribution in [0.1, 0.15) is 0 Å². The van der Waals surface area contributed by atoms with Crippen molar-refractivity contribution in [2.24, 2.45) is 0 Å². The summed E-state index contributed by atoms with van der Waals surface area (Å²) >= 11 is 0. The summed E-state index contributed by atoms with van der Waals surface area (Å²) in [6.45, 7) is 10.1. The predicted octanol–water partition coefficient (Wildman–Crippen LogP) is 3.61. The number of rotatable bonds is 4. The van der Waals surface area contributed by atoms with Gasteiger partial charge in [0.25, 0.3) is 0 Å². The molecule has 0 bridgehead atoms. The van der Waals surface area contributed by atoms with Crippen LogP contribution >= 0.6 is 14.5 Å². The number of hydrogen-bond acceptors (Lipinski definition) is 0. The molecule has 0 aliphatic rings. The third kappa shape index (κ3) is 3.65.